The fourth-order valence-electron chi connectivity index (χ4n) is 8.90. The van der Waals surface area contributed by atoms with Crippen molar-refractivity contribution in [2.45, 2.75) is 178 Å². The van der Waals surface area contributed by atoms with Crippen LogP contribution in [0.5, 0.6) is 11.5 Å². The molecular formula is C41H61NO9. The van der Waals surface area contributed by atoms with Crippen molar-refractivity contribution in [1.82, 2.24) is 4.90 Å². The van der Waals surface area contributed by atoms with E-state index in [0.717, 1.165) is 24.0 Å². The van der Waals surface area contributed by atoms with E-state index in [1.807, 2.05) is 13.1 Å². The van der Waals surface area contributed by atoms with Crippen LogP contribution in [0.15, 0.2) is 24.0 Å². The number of likely N-dealkylation sites (N-methyl/N-ethyl adjacent to an activating group) is 1. The molecule has 2 heterocycles. The van der Waals surface area contributed by atoms with Crippen molar-refractivity contribution in [2.24, 2.45) is 0 Å². The number of phenols is 1. The maximum absolute atomic E-state index is 13.2. The second-order valence-electron chi connectivity index (χ2n) is 15.4. The van der Waals surface area contributed by atoms with Crippen molar-refractivity contribution in [3.05, 3.63) is 35.1 Å². The molecule has 1 spiro atoms. The highest BCUT2D eigenvalue weighted by atomic mass is 16.6. The van der Waals surface area contributed by atoms with Gasteiger partial charge < -0.3 is 34.1 Å². The number of piperidine rings is 1. The Bertz CT molecular complexity index is 1410. The van der Waals surface area contributed by atoms with Crippen LogP contribution in [-0.4, -0.2) is 76.6 Å². The molecule has 10 nitrogen and oxygen atoms in total. The van der Waals surface area contributed by atoms with Crippen molar-refractivity contribution in [3.63, 3.8) is 0 Å². The van der Waals surface area contributed by atoms with Crippen LogP contribution in [0.4, 0.5) is 0 Å². The molecule has 0 unspecified atom stereocenters. The molecule has 0 saturated carbocycles. The molecular weight excluding hydrogens is 650 g/mol. The van der Waals surface area contributed by atoms with Crippen LogP contribution in [0.1, 0.15) is 147 Å². The number of rotatable bonds is 21. The highest BCUT2D eigenvalue weighted by Crippen LogP contribution is 2.65. The number of aromatic hydroxyl groups is 1. The predicted octanol–water partition coefficient (Wildman–Crippen LogP) is 7.34. The zero-order valence-electron chi connectivity index (χ0n) is 31.4. The molecule has 1 aromatic carbocycles. The summed E-state index contributed by atoms with van der Waals surface area (Å²) in [5, 5.41) is 23.0. The molecule has 2 aliphatic carbocycles. The van der Waals surface area contributed by atoms with Crippen LogP contribution >= 0.6 is 0 Å². The fourth-order valence-corrected chi connectivity index (χ4v) is 8.90. The van der Waals surface area contributed by atoms with Crippen LogP contribution in [0, 0.1) is 0 Å². The smallest absolute Gasteiger partial charge is 0.352 e. The summed E-state index contributed by atoms with van der Waals surface area (Å²) in [6.45, 7) is 5.79. The van der Waals surface area contributed by atoms with E-state index >= 15 is 0 Å². The first-order valence-electron chi connectivity index (χ1n) is 19.8. The number of esters is 3. The van der Waals surface area contributed by atoms with Crippen LogP contribution in [-0.2, 0) is 40.4 Å². The van der Waals surface area contributed by atoms with Gasteiger partial charge in [-0.2, -0.15) is 0 Å². The van der Waals surface area contributed by atoms with Crippen LogP contribution in [0.3, 0.4) is 0 Å². The Morgan fingerprint density at radius 1 is 0.882 bits per heavy atom. The Hall–Kier alpha value is -3.11. The molecule has 2 bridgehead atoms. The lowest BCUT2D eigenvalue weighted by molar-refractivity contribution is -0.180. The van der Waals surface area contributed by atoms with Crippen LogP contribution in [0.25, 0.3) is 0 Å². The Morgan fingerprint density at radius 3 is 2.10 bits per heavy atom. The molecule has 10 heteroatoms. The molecule has 0 amide bonds. The van der Waals surface area contributed by atoms with E-state index in [9.17, 15) is 24.6 Å². The number of phenolic OH excluding ortho intramolecular Hbond substituents is 1. The Balaban J connectivity index is 1.00. The molecule has 2 aliphatic heterocycles. The molecule has 1 fully saturated rings. The summed E-state index contributed by atoms with van der Waals surface area (Å²) in [6.07, 6.45) is 18.6. The number of aliphatic hydroxyl groups is 1. The molecule has 2 N–H and O–H groups in total. The summed E-state index contributed by atoms with van der Waals surface area (Å²) in [4.78, 5) is 40.6. The normalized spacial score (nSPS) is 25.6. The summed E-state index contributed by atoms with van der Waals surface area (Å²) in [6, 6.07) is 3.32. The topological polar surface area (TPSA) is 132 Å². The third kappa shape index (κ3) is 8.43. The molecule has 1 aromatic rings. The van der Waals surface area contributed by atoms with E-state index < -0.39 is 47.2 Å². The quantitative estimate of drug-likeness (QED) is 0.0759. The minimum atomic E-state index is -1.28. The number of nitrogens with zero attached hydrogens (tertiary/aromatic N) is 1. The fraction of sp³-hybridized carbons (Fsp3) is 0.732. The van der Waals surface area contributed by atoms with Crippen LogP contribution in [0.2, 0.25) is 0 Å². The number of hydrogen-bond donors (Lipinski definition) is 2. The second kappa shape index (κ2) is 17.6. The summed E-state index contributed by atoms with van der Waals surface area (Å²) in [7, 11) is 2.00. The molecule has 0 radical (unpaired) electrons. The van der Waals surface area contributed by atoms with E-state index in [1.54, 1.807) is 12.1 Å². The zero-order valence-corrected chi connectivity index (χ0v) is 31.4. The van der Waals surface area contributed by atoms with Gasteiger partial charge in [0.25, 0.3) is 0 Å². The minimum absolute atomic E-state index is 0.0200. The molecule has 284 valence electrons. The van der Waals surface area contributed by atoms with Gasteiger partial charge in [-0.05, 0) is 64.4 Å². The van der Waals surface area contributed by atoms with Gasteiger partial charge in [0, 0.05) is 24.4 Å². The SMILES string of the molecule is CCCCCCCCCCCCCCCCCC(=O)O[C@@H](C)C(=O)O[C@@H](C)C(=O)OC1=CC[C@@]2(O)[C@H]3Cc4ccc(O)c5c4[C@@]2(CCN3C)[C@H]1O5. The monoisotopic (exact) mass is 711 g/mol. The van der Waals surface area contributed by atoms with Gasteiger partial charge in [0.1, 0.15) is 5.76 Å². The molecule has 4 aliphatic rings. The highest BCUT2D eigenvalue weighted by molar-refractivity contribution is 5.83. The number of carbonyl (C=O) groups is 3. The summed E-state index contributed by atoms with van der Waals surface area (Å²) in [5.41, 5.74) is -0.285. The van der Waals surface area contributed by atoms with E-state index in [1.165, 1.54) is 90.9 Å². The number of hydrogen-bond acceptors (Lipinski definition) is 10. The van der Waals surface area contributed by atoms with Gasteiger partial charge >= 0.3 is 17.9 Å². The number of benzene rings is 1. The van der Waals surface area contributed by atoms with Crippen molar-refractivity contribution >= 4 is 17.9 Å². The number of likely N-dealkylation sites (tertiary alicyclic amines) is 1. The van der Waals surface area contributed by atoms with Crippen molar-refractivity contribution in [1.29, 1.82) is 0 Å². The molecule has 0 aromatic heterocycles. The van der Waals surface area contributed by atoms with E-state index in [4.69, 9.17) is 18.9 Å². The second-order valence-corrected chi connectivity index (χ2v) is 15.4. The standard InChI is InChI=1S/C41H61NO9/c1-5-6-7-8-9-10-11-12-13-14-15-16-17-18-19-20-34(44)48-28(2)38(45)49-29(3)39(46)50-32-23-24-41(47)33-27-30-21-22-31(43)36-35(30)40(41,37(32)51-36)25-26-42(33)4/h21-23,28-29,33,37,43,47H,5-20,24-27H2,1-4H3/t28-,29-,33+,37-,40-,41+/m0/s1. The third-order valence-electron chi connectivity index (χ3n) is 11.8. The Kier molecular flexibility index (Phi) is 13.5. The van der Waals surface area contributed by atoms with Gasteiger partial charge in [-0.25, -0.2) is 9.59 Å². The number of unbranched alkanes of at least 4 members (excludes halogenated alkanes) is 14. The average molecular weight is 712 g/mol. The first kappa shape index (κ1) is 39.1. The molecule has 5 rings (SSSR count). The summed E-state index contributed by atoms with van der Waals surface area (Å²) < 4.78 is 22.8. The van der Waals surface area contributed by atoms with E-state index in [2.05, 4.69) is 11.8 Å². The van der Waals surface area contributed by atoms with Gasteiger partial charge in [-0.15, -0.1) is 0 Å². The predicted molar refractivity (Wildman–Crippen MR) is 193 cm³/mol. The first-order valence-corrected chi connectivity index (χ1v) is 19.8. The summed E-state index contributed by atoms with van der Waals surface area (Å²) >= 11 is 0. The lowest BCUT2D eigenvalue weighted by Gasteiger charge is -2.61. The zero-order chi connectivity index (χ0) is 36.6. The average Bonchev–Trinajstić information content (AvgIpc) is 3.46. The number of ether oxygens (including phenoxy) is 4. The molecule has 1 saturated heterocycles. The lowest BCUT2D eigenvalue weighted by atomic mass is 9.50. The Morgan fingerprint density at radius 2 is 1.47 bits per heavy atom. The lowest BCUT2D eigenvalue weighted by Crippen LogP contribution is -2.74. The maximum Gasteiger partial charge on any atom is 0.352 e. The third-order valence-corrected chi connectivity index (χ3v) is 11.8. The number of carbonyl (C=O) groups excluding carboxylic acids is 3. The summed E-state index contributed by atoms with van der Waals surface area (Å²) in [5.74, 6) is -1.58. The molecule has 51 heavy (non-hydrogen) atoms. The van der Waals surface area contributed by atoms with Crippen molar-refractivity contribution in [3.8, 4) is 11.5 Å². The largest absolute Gasteiger partial charge is 0.504 e. The van der Waals surface area contributed by atoms with Gasteiger partial charge in [-0.1, -0.05) is 103 Å². The van der Waals surface area contributed by atoms with Gasteiger partial charge in [0.15, 0.2) is 29.8 Å². The van der Waals surface area contributed by atoms with Crippen LogP contribution < -0.4 is 4.74 Å². The Labute approximate surface area is 304 Å². The van der Waals surface area contributed by atoms with Gasteiger partial charge in [-0.3, -0.25) is 4.79 Å². The van der Waals surface area contributed by atoms with Gasteiger partial charge in [0.2, 0.25) is 0 Å². The highest BCUT2D eigenvalue weighted by Gasteiger charge is 2.72. The first-order chi connectivity index (χ1) is 24.5. The van der Waals surface area contributed by atoms with Gasteiger partial charge in [0.05, 0.1) is 11.0 Å². The van der Waals surface area contributed by atoms with Crippen molar-refractivity contribution in [2.75, 3.05) is 13.6 Å². The van der Waals surface area contributed by atoms with E-state index in [0.29, 0.717) is 31.6 Å². The van der Waals surface area contributed by atoms with Crippen molar-refractivity contribution < 1.29 is 43.5 Å². The minimum Gasteiger partial charge on any atom is -0.504 e. The maximum atomic E-state index is 13.2. The van der Waals surface area contributed by atoms with E-state index in [-0.39, 0.29) is 30.4 Å². The molecule has 6 atom stereocenters.